The van der Waals surface area contributed by atoms with E-state index in [4.69, 9.17) is 0 Å². The van der Waals surface area contributed by atoms with Gasteiger partial charge in [0.05, 0.1) is 15.9 Å². The Morgan fingerprint density at radius 2 is 1.97 bits per heavy atom. The lowest BCUT2D eigenvalue weighted by Gasteiger charge is -2.13. The van der Waals surface area contributed by atoms with Crippen LogP contribution in [0.1, 0.15) is 18.1 Å². The minimum absolute atomic E-state index is 0.130. The summed E-state index contributed by atoms with van der Waals surface area (Å²) in [6.45, 7) is 5.54. The average molecular weight is 416 g/mol. The largest absolute Gasteiger partial charge is 0.325 e. The number of hydrogen-bond acceptors (Lipinski definition) is 7. The molecule has 1 unspecified atom stereocenters. The summed E-state index contributed by atoms with van der Waals surface area (Å²) in [6.07, 6.45) is 0. The number of thioether (sulfide) groups is 1. The van der Waals surface area contributed by atoms with Gasteiger partial charge in [0.15, 0.2) is 0 Å². The Morgan fingerprint density at radius 3 is 2.62 bits per heavy atom. The number of amides is 1. The number of tetrazole rings is 1. The molecule has 0 aliphatic rings. The van der Waals surface area contributed by atoms with Crippen LogP contribution in [0.3, 0.4) is 0 Å². The molecule has 150 valence electrons. The summed E-state index contributed by atoms with van der Waals surface area (Å²) < 4.78 is 15.0. The van der Waals surface area contributed by atoms with Gasteiger partial charge in [0.25, 0.3) is 0 Å². The van der Waals surface area contributed by atoms with E-state index in [1.165, 1.54) is 6.07 Å². The van der Waals surface area contributed by atoms with Crippen molar-refractivity contribution in [1.82, 2.24) is 20.2 Å². The number of para-hydroxylation sites is 1. The highest BCUT2D eigenvalue weighted by atomic mass is 32.2. The summed E-state index contributed by atoms with van der Waals surface area (Å²) in [7, 11) is 0. The van der Waals surface area contributed by atoms with E-state index in [9.17, 15) is 19.3 Å². The van der Waals surface area contributed by atoms with Crippen LogP contribution in [0, 0.1) is 29.8 Å². The highest BCUT2D eigenvalue weighted by Gasteiger charge is 2.22. The van der Waals surface area contributed by atoms with Crippen LogP contribution < -0.4 is 5.32 Å². The fourth-order valence-electron chi connectivity index (χ4n) is 2.72. The molecule has 0 fully saturated rings. The van der Waals surface area contributed by atoms with Crippen molar-refractivity contribution in [3.05, 3.63) is 63.5 Å². The molecule has 1 heterocycles. The Kier molecular flexibility index (Phi) is 5.87. The first-order chi connectivity index (χ1) is 13.8. The van der Waals surface area contributed by atoms with Crippen molar-refractivity contribution in [3.63, 3.8) is 0 Å². The van der Waals surface area contributed by atoms with Crippen molar-refractivity contribution in [1.29, 1.82) is 0 Å². The second-order valence-corrected chi connectivity index (χ2v) is 7.59. The number of halogens is 1. The zero-order valence-corrected chi connectivity index (χ0v) is 16.6. The van der Waals surface area contributed by atoms with Gasteiger partial charge in [-0.25, -0.2) is 0 Å². The molecule has 3 rings (SSSR count). The normalized spacial score (nSPS) is 11.9. The number of nitrogens with one attached hydrogen (secondary N) is 1. The first kappa shape index (κ1) is 20.4. The van der Waals surface area contributed by atoms with E-state index < -0.39 is 27.6 Å². The SMILES string of the molecule is Cc1cccc(C)c1-n1nnnc1SC(C)C(=O)Nc1ccc(F)c([N+](=O)[O-])c1. The van der Waals surface area contributed by atoms with Gasteiger partial charge in [0.1, 0.15) is 0 Å². The molecule has 0 bridgehead atoms. The van der Waals surface area contributed by atoms with Crippen LogP contribution in [0.2, 0.25) is 0 Å². The summed E-state index contributed by atoms with van der Waals surface area (Å²) in [5.41, 5.74) is 2.22. The van der Waals surface area contributed by atoms with Crippen LogP contribution in [0.15, 0.2) is 41.6 Å². The smallest absolute Gasteiger partial charge is 0.306 e. The molecule has 0 saturated heterocycles. The van der Waals surface area contributed by atoms with Gasteiger partial charge in [-0.1, -0.05) is 30.0 Å². The minimum Gasteiger partial charge on any atom is -0.325 e. The second-order valence-electron chi connectivity index (χ2n) is 6.29. The van der Waals surface area contributed by atoms with E-state index in [2.05, 4.69) is 20.8 Å². The molecule has 29 heavy (non-hydrogen) atoms. The van der Waals surface area contributed by atoms with Crippen LogP contribution in [0.4, 0.5) is 15.8 Å². The lowest BCUT2D eigenvalue weighted by atomic mass is 10.1. The van der Waals surface area contributed by atoms with Crippen LogP contribution in [-0.2, 0) is 4.79 Å². The number of benzene rings is 2. The Bertz CT molecular complexity index is 1070. The summed E-state index contributed by atoms with van der Waals surface area (Å²) in [6, 6.07) is 8.99. The van der Waals surface area contributed by atoms with Gasteiger partial charge in [-0.2, -0.15) is 9.07 Å². The Balaban J connectivity index is 1.77. The topological polar surface area (TPSA) is 116 Å². The predicted molar refractivity (Wildman–Crippen MR) is 106 cm³/mol. The van der Waals surface area contributed by atoms with Gasteiger partial charge >= 0.3 is 5.69 Å². The van der Waals surface area contributed by atoms with Crippen LogP contribution in [0.25, 0.3) is 5.69 Å². The van der Waals surface area contributed by atoms with E-state index in [1.54, 1.807) is 11.6 Å². The molecule has 0 spiro atoms. The summed E-state index contributed by atoms with van der Waals surface area (Å²) in [5.74, 6) is -1.39. The van der Waals surface area contributed by atoms with Crippen molar-refractivity contribution in [2.45, 2.75) is 31.2 Å². The first-order valence-electron chi connectivity index (χ1n) is 8.54. The van der Waals surface area contributed by atoms with Gasteiger partial charge in [-0.3, -0.25) is 14.9 Å². The first-order valence-corrected chi connectivity index (χ1v) is 9.42. The highest BCUT2D eigenvalue weighted by Crippen LogP contribution is 2.27. The Morgan fingerprint density at radius 1 is 1.28 bits per heavy atom. The van der Waals surface area contributed by atoms with Crippen LogP contribution >= 0.6 is 11.8 Å². The molecular formula is C18H17FN6O3S. The fraction of sp³-hybridized carbons (Fsp3) is 0.222. The number of rotatable bonds is 6. The molecule has 1 atom stereocenters. The zero-order valence-electron chi connectivity index (χ0n) is 15.8. The maximum Gasteiger partial charge on any atom is 0.306 e. The molecule has 0 radical (unpaired) electrons. The monoisotopic (exact) mass is 416 g/mol. The van der Waals surface area contributed by atoms with E-state index >= 15 is 0 Å². The number of carbonyl (C=O) groups excluding carboxylic acids is 1. The average Bonchev–Trinajstić information content (AvgIpc) is 3.10. The van der Waals surface area contributed by atoms with E-state index in [-0.39, 0.29) is 5.69 Å². The maximum absolute atomic E-state index is 13.5. The predicted octanol–water partition coefficient (Wildman–Crippen LogP) is 3.45. The lowest BCUT2D eigenvalue weighted by Crippen LogP contribution is -2.23. The van der Waals surface area contributed by atoms with Gasteiger partial charge < -0.3 is 5.32 Å². The van der Waals surface area contributed by atoms with Gasteiger partial charge in [0, 0.05) is 11.8 Å². The molecule has 2 aromatic carbocycles. The van der Waals surface area contributed by atoms with Gasteiger partial charge in [0.2, 0.25) is 16.9 Å². The zero-order chi connectivity index (χ0) is 21.1. The second kappa shape index (κ2) is 8.35. The van der Waals surface area contributed by atoms with Crippen LogP contribution in [-0.4, -0.2) is 36.3 Å². The van der Waals surface area contributed by atoms with Gasteiger partial charge in [-0.05, 0) is 54.5 Å². The summed E-state index contributed by atoms with van der Waals surface area (Å²) in [5, 5.41) is 25.0. The number of carbonyl (C=O) groups is 1. The summed E-state index contributed by atoms with van der Waals surface area (Å²) >= 11 is 1.14. The Labute approximate surface area is 169 Å². The van der Waals surface area contributed by atoms with E-state index in [0.29, 0.717) is 5.16 Å². The molecule has 0 aliphatic heterocycles. The number of aromatic nitrogens is 4. The quantitative estimate of drug-likeness (QED) is 0.372. The number of nitro benzene ring substituents is 1. The molecule has 1 aromatic heterocycles. The van der Waals surface area contributed by atoms with E-state index in [0.717, 1.165) is 40.7 Å². The number of aryl methyl sites for hydroxylation is 2. The molecule has 1 N–H and O–H groups in total. The number of hydrogen-bond donors (Lipinski definition) is 1. The molecule has 11 heteroatoms. The number of anilines is 1. The summed E-state index contributed by atoms with van der Waals surface area (Å²) in [4.78, 5) is 22.5. The third kappa shape index (κ3) is 4.40. The number of nitro groups is 1. The van der Waals surface area contributed by atoms with E-state index in [1.807, 2.05) is 32.0 Å². The van der Waals surface area contributed by atoms with Crippen molar-refractivity contribution in [2.75, 3.05) is 5.32 Å². The third-order valence-electron chi connectivity index (χ3n) is 4.15. The van der Waals surface area contributed by atoms with Crippen LogP contribution in [0.5, 0.6) is 0 Å². The Hall–Kier alpha value is -3.34. The minimum atomic E-state index is -0.969. The maximum atomic E-state index is 13.5. The lowest BCUT2D eigenvalue weighted by molar-refractivity contribution is -0.387. The molecule has 0 aliphatic carbocycles. The molecule has 0 saturated carbocycles. The third-order valence-corrected chi connectivity index (χ3v) is 5.19. The van der Waals surface area contributed by atoms with Crippen molar-refractivity contribution in [2.24, 2.45) is 0 Å². The highest BCUT2D eigenvalue weighted by molar-refractivity contribution is 8.00. The fourth-order valence-corrected chi connectivity index (χ4v) is 3.51. The molecule has 3 aromatic rings. The van der Waals surface area contributed by atoms with Crippen molar-refractivity contribution >= 4 is 29.0 Å². The van der Waals surface area contributed by atoms with Gasteiger partial charge in [-0.15, -0.1) is 5.10 Å². The molecule has 1 amide bonds. The molecular weight excluding hydrogens is 399 g/mol. The van der Waals surface area contributed by atoms with Crippen molar-refractivity contribution in [3.8, 4) is 5.69 Å². The standard InChI is InChI=1S/C18H17FN6O3S/c1-10-5-4-6-11(2)16(10)24-18(21-22-23-24)29-12(3)17(26)20-13-7-8-14(19)15(9-13)25(27)28/h4-9,12H,1-3H3,(H,20,26). The van der Waals surface area contributed by atoms with Crippen molar-refractivity contribution < 1.29 is 14.1 Å². The number of nitrogens with zero attached hydrogens (tertiary/aromatic N) is 5. The molecule has 9 nitrogen and oxygen atoms in total.